The van der Waals surface area contributed by atoms with Crippen LogP contribution in [0.1, 0.15) is 132 Å². The van der Waals surface area contributed by atoms with Gasteiger partial charge in [-0.1, -0.05) is 41.5 Å². The van der Waals surface area contributed by atoms with Crippen LogP contribution in [-0.4, -0.2) is 108 Å². The fourth-order valence-electron chi connectivity index (χ4n) is 12.5. The van der Waals surface area contributed by atoms with Crippen molar-refractivity contribution in [3.8, 4) is 0 Å². The highest BCUT2D eigenvalue weighted by Crippen LogP contribution is 2.62. The molecule has 346 valence electrons. The van der Waals surface area contributed by atoms with Gasteiger partial charge in [-0.15, -0.1) is 0 Å². The molecule has 63 heavy (non-hydrogen) atoms. The third-order valence-corrected chi connectivity index (χ3v) is 15.9. The molecule has 0 aromatic heterocycles. The largest absolute Gasteiger partial charge is 0.481 e. The number of rotatable bonds is 18. The fourth-order valence-corrected chi connectivity index (χ4v) is 12.5. The van der Waals surface area contributed by atoms with Gasteiger partial charge in [0.05, 0.1) is 29.7 Å². The third kappa shape index (κ3) is 8.70. The molecule has 0 aromatic rings. The second kappa shape index (κ2) is 17.4. The van der Waals surface area contributed by atoms with Gasteiger partial charge < -0.3 is 37.0 Å². The minimum absolute atomic E-state index is 0.0231. The van der Waals surface area contributed by atoms with Crippen LogP contribution in [0.3, 0.4) is 0 Å². The van der Waals surface area contributed by atoms with Crippen molar-refractivity contribution in [2.24, 2.45) is 82.7 Å². The molecule has 0 saturated carbocycles. The maximum absolute atomic E-state index is 13.3. The minimum Gasteiger partial charge on any atom is -0.481 e. The average molecular weight is 881 g/mol. The SMILES string of the molecule is CC1=C2N=C(CC3=NC(C(C)C4=NC(C(CC(=O)O)C4(C)CCC(=O)O)C4(C)N=C1C(CCC(=O)O)C4(C)CC(N)=O)C(CCC(=O)O)C3(C)C)C(CCC(=O)O)C2(C)CC(N)=O. The van der Waals surface area contributed by atoms with Crippen LogP contribution in [0.5, 0.6) is 0 Å². The molecule has 0 fully saturated rings. The summed E-state index contributed by atoms with van der Waals surface area (Å²) < 4.78 is 0. The molecule has 5 aliphatic heterocycles. The van der Waals surface area contributed by atoms with E-state index in [2.05, 4.69) is 0 Å². The summed E-state index contributed by atoms with van der Waals surface area (Å²) in [5, 5.41) is 50.7. The van der Waals surface area contributed by atoms with E-state index in [-0.39, 0.29) is 70.6 Å². The second-order valence-corrected chi connectivity index (χ2v) is 20.1. The van der Waals surface area contributed by atoms with Crippen LogP contribution < -0.4 is 11.5 Å². The first-order valence-electron chi connectivity index (χ1n) is 21.7. The summed E-state index contributed by atoms with van der Waals surface area (Å²) in [6, 6.07) is -1.68. The molecule has 5 aliphatic rings. The quantitative estimate of drug-likeness (QED) is 0.0976. The van der Waals surface area contributed by atoms with Crippen molar-refractivity contribution < 1.29 is 59.1 Å². The molecule has 0 radical (unpaired) electrons. The lowest BCUT2D eigenvalue weighted by atomic mass is 9.55. The summed E-state index contributed by atoms with van der Waals surface area (Å²) in [6.07, 6.45) is -1.93. The Balaban J connectivity index is 1.97. The van der Waals surface area contributed by atoms with Crippen LogP contribution in [0.15, 0.2) is 31.2 Å². The third-order valence-electron chi connectivity index (χ3n) is 15.9. The van der Waals surface area contributed by atoms with Gasteiger partial charge in [0.15, 0.2) is 0 Å². The zero-order valence-electron chi connectivity index (χ0n) is 37.6. The maximum atomic E-state index is 13.3. The predicted molar refractivity (Wildman–Crippen MR) is 232 cm³/mol. The van der Waals surface area contributed by atoms with Gasteiger partial charge in [0, 0.05) is 113 Å². The van der Waals surface area contributed by atoms with E-state index in [0.29, 0.717) is 34.1 Å². The Morgan fingerprint density at radius 1 is 0.683 bits per heavy atom. The Labute approximate surface area is 366 Å². The van der Waals surface area contributed by atoms with Gasteiger partial charge in [0.1, 0.15) is 0 Å². The van der Waals surface area contributed by atoms with Crippen molar-refractivity contribution in [1.29, 1.82) is 0 Å². The molecular weight excluding hydrogens is 817 g/mol. The number of amides is 2. The molecule has 5 rings (SSSR count). The van der Waals surface area contributed by atoms with Gasteiger partial charge in [-0.2, -0.15) is 0 Å². The van der Waals surface area contributed by atoms with Gasteiger partial charge in [0.2, 0.25) is 11.8 Å². The van der Waals surface area contributed by atoms with E-state index in [0.717, 1.165) is 0 Å². The topological polar surface area (TPSA) is 322 Å². The lowest BCUT2D eigenvalue weighted by Crippen LogP contribution is -2.56. The van der Waals surface area contributed by atoms with Crippen molar-refractivity contribution in [1.82, 2.24) is 0 Å². The Morgan fingerprint density at radius 2 is 1.22 bits per heavy atom. The van der Waals surface area contributed by atoms with Crippen molar-refractivity contribution in [3.63, 3.8) is 0 Å². The fraction of sp³-hybridized carbons (Fsp3) is 0.711. The number of nitrogens with two attached hydrogens (primary N) is 2. The second-order valence-electron chi connectivity index (χ2n) is 20.1. The van der Waals surface area contributed by atoms with Gasteiger partial charge in [-0.05, 0) is 51.0 Å². The molecule has 5 heterocycles. The van der Waals surface area contributed by atoms with Crippen LogP contribution in [0.2, 0.25) is 0 Å². The average Bonchev–Trinajstić information content (AvgIpc) is 3.75. The number of carboxylic acids is 5. The zero-order valence-corrected chi connectivity index (χ0v) is 37.6. The van der Waals surface area contributed by atoms with Gasteiger partial charge in [-0.3, -0.25) is 53.5 Å². The molecule has 0 saturated heterocycles. The van der Waals surface area contributed by atoms with Crippen molar-refractivity contribution in [3.05, 3.63) is 11.3 Å². The Bertz CT molecular complexity index is 2140. The first kappa shape index (κ1) is 48.7. The molecular formula is C45H64N6O12. The van der Waals surface area contributed by atoms with Crippen LogP contribution in [0.25, 0.3) is 0 Å². The van der Waals surface area contributed by atoms with Crippen molar-refractivity contribution >= 4 is 64.5 Å². The zero-order chi connectivity index (χ0) is 47.4. The number of carboxylic acid groups (broad SMARTS) is 5. The molecule has 2 amide bonds. The Kier molecular flexibility index (Phi) is 13.4. The van der Waals surface area contributed by atoms with Crippen LogP contribution in [0.4, 0.5) is 0 Å². The molecule has 8 bridgehead atoms. The van der Waals surface area contributed by atoms with Crippen LogP contribution in [-0.2, 0) is 33.6 Å². The highest BCUT2D eigenvalue weighted by molar-refractivity contribution is 6.12. The van der Waals surface area contributed by atoms with Gasteiger partial charge in [-0.25, -0.2) is 0 Å². The van der Waals surface area contributed by atoms with Gasteiger partial charge >= 0.3 is 29.8 Å². The lowest BCUT2D eigenvalue weighted by Gasteiger charge is -2.48. The molecule has 9 N–H and O–H groups in total. The number of carbonyl (C=O) groups is 7. The van der Waals surface area contributed by atoms with Gasteiger partial charge in [0.25, 0.3) is 0 Å². The monoisotopic (exact) mass is 880 g/mol. The first-order chi connectivity index (χ1) is 29.0. The number of hydrogen-bond acceptors (Lipinski definition) is 11. The summed E-state index contributed by atoms with van der Waals surface area (Å²) in [5.41, 5.74) is 8.85. The predicted octanol–water partition coefficient (Wildman–Crippen LogP) is 4.81. The summed E-state index contributed by atoms with van der Waals surface area (Å²) in [5.74, 6) is -10.4. The van der Waals surface area contributed by atoms with Crippen molar-refractivity contribution in [2.45, 2.75) is 150 Å². The standard InChI is InChI=1S/C45H64N6O12/c1-21-36-24(10-13-32(56)57)41(3,4)28(49-36)18-27-23(9-12-31(54)55)43(6,19-29(46)52)39(48-27)22(2)37-25(11-14-33(58)59)44(7,20-30(47)53)45(8,51-37)40-26(17-35(62)63)42(5,38(21)50-40)16-15-34(60)61/h21,23-26,36,40H,9-20H2,1-8H3,(H2,46,52)(H2,47,53)(H,54,55)(H,56,57)(H,58,59)(H,60,61)(H,62,63). The molecule has 0 aromatic carbocycles. The van der Waals surface area contributed by atoms with E-state index >= 15 is 0 Å². The number of fused-ring (bicyclic) bond motifs is 5. The summed E-state index contributed by atoms with van der Waals surface area (Å²) >= 11 is 0. The van der Waals surface area contributed by atoms with Crippen LogP contribution >= 0.6 is 0 Å². The highest BCUT2D eigenvalue weighted by Gasteiger charge is 2.67. The number of allylic oxidation sites excluding steroid dienone is 2. The van der Waals surface area contributed by atoms with E-state index < -0.39 is 117 Å². The molecule has 18 heteroatoms. The lowest BCUT2D eigenvalue weighted by molar-refractivity contribution is -0.140. The van der Waals surface area contributed by atoms with E-state index in [1.165, 1.54) is 0 Å². The maximum Gasteiger partial charge on any atom is 0.303 e. The summed E-state index contributed by atoms with van der Waals surface area (Å²) in [4.78, 5) is 110. The number of hydrogen-bond donors (Lipinski definition) is 7. The van der Waals surface area contributed by atoms with E-state index in [9.17, 15) is 59.1 Å². The number of nitrogens with zero attached hydrogens (tertiary/aromatic N) is 4. The van der Waals surface area contributed by atoms with Crippen molar-refractivity contribution in [2.75, 3.05) is 0 Å². The van der Waals surface area contributed by atoms with E-state index in [1.54, 1.807) is 34.6 Å². The number of aliphatic imine (C=N–C) groups is 4. The Morgan fingerprint density at radius 3 is 1.75 bits per heavy atom. The first-order valence-corrected chi connectivity index (χ1v) is 21.7. The van der Waals surface area contributed by atoms with E-state index in [4.69, 9.17) is 31.4 Å². The summed E-state index contributed by atoms with van der Waals surface area (Å²) in [6.45, 7) is 14.7. The summed E-state index contributed by atoms with van der Waals surface area (Å²) in [7, 11) is 0. The molecule has 0 spiro atoms. The normalized spacial score (nSPS) is 35.5. The molecule has 11 unspecified atom stereocenters. The molecule has 0 aliphatic carbocycles. The van der Waals surface area contributed by atoms with E-state index in [1.807, 2.05) is 20.8 Å². The molecule has 11 atom stereocenters. The van der Waals surface area contributed by atoms with Crippen LogP contribution in [0, 0.1) is 51.2 Å². The number of carbonyl (C=O) groups excluding carboxylic acids is 2. The molecule has 18 nitrogen and oxygen atoms in total. The smallest absolute Gasteiger partial charge is 0.303 e. The minimum atomic E-state index is -1.51. The highest BCUT2D eigenvalue weighted by atomic mass is 16.4. The number of primary amides is 2. The Hall–Kier alpha value is -5.29. The number of aliphatic carboxylic acids is 5.